The van der Waals surface area contributed by atoms with Crippen LogP contribution in [-0.2, 0) is 10.0 Å². The fourth-order valence-electron chi connectivity index (χ4n) is 8.20. The molecule has 0 aromatic carbocycles. The van der Waals surface area contributed by atoms with E-state index in [0.29, 0.717) is 0 Å². The number of unbranched alkanes of at least 4 members (excludes halogenated alkanes) is 36. The molecule has 300 valence electrons. The minimum absolute atomic E-state index is 0. The van der Waals surface area contributed by atoms with Gasteiger partial charge < -0.3 is 10.0 Å². The van der Waals surface area contributed by atoms with Crippen LogP contribution in [0.15, 0.2) is 0 Å². The third-order valence-corrected chi connectivity index (χ3v) is 16.3. The Balaban J connectivity index is -0.0000115. The Bertz CT molecular complexity index is 480. The summed E-state index contributed by atoms with van der Waals surface area (Å²) in [4.78, 5) is 0. The summed E-state index contributed by atoms with van der Waals surface area (Å²) >= 11 is 0. The van der Waals surface area contributed by atoms with Crippen molar-refractivity contribution < 1.29 is 59.1 Å². The van der Waals surface area contributed by atoms with Crippen LogP contribution in [-0.4, -0.2) is 23.0 Å². The van der Waals surface area contributed by atoms with E-state index in [9.17, 15) is 0 Å². The average Bonchev–Trinajstić information content (AvgIpc) is 3.11. The Hall–Kier alpha value is 2.35. The van der Waals surface area contributed by atoms with Crippen molar-refractivity contribution in [2.45, 2.75) is 285 Å². The molecule has 0 aromatic heterocycles. The predicted molar refractivity (Wildman–Crippen MR) is 234 cm³/mol. The second kappa shape index (κ2) is 50.4. The molecule has 0 aliphatic heterocycles. The molecule has 0 aromatic rings. The molecule has 51 heavy (non-hydrogen) atoms. The van der Waals surface area contributed by atoms with Gasteiger partial charge in [0.25, 0.3) is 0 Å². The summed E-state index contributed by atoms with van der Waals surface area (Å²) < 4.78 is 0. The Morgan fingerprint density at radius 3 is 0.431 bits per heavy atom. The van der Waals surface area contributed by atoms with Gasteiger partial charge in [0.2, 0.25) is 0 Å². The van der Waals surface area contributed by atoms with Crippen molar-refractivity contribution in [2.75, 3.05) is 23.0 Å². The molecule has 0 rings (SSSR count). The van der Waals surface area contributed by atoms with Crippen LogP contribution in [0.25, 0.3) is 0 Å². The number of rotatable bonds is 44. The molecule has 0 bridgehead atoms. The maximum absolute atomic E-state index is 2.34. The van der Waals surface area contributed by atoms with Gasteiger partial charge in [-0.2, -0.15) is 0 Å². The molecule has 0 radical (unpaired) electrons. The molecule has 0 aliphatic rings. The molecule has 0 spiro atoms. The van der Waals surface area contributed by atoms with Gasteiger partial charge in [-0.25, -0.2) is 23.0 Å². The fourth-order valence-corrected chi connectivity index (χ4v) is 12.7. The maximum Gasteiger partial charge on any atom is 1.00 e. The minimum Gasteiger partial charge on any atom is -0.733 e. The van der Waals surface area contributed by atoms with E-state index < -0.39 is 10.0 Å². The zero-order valence-corrected chi connectivity index (χ0v) is 42.3. The summed E-state index contributed by atoms with van der Waals surface area (Å²) in [6, 6.07) is 0. The van der Waals surface area contributed by atoms with Gasteiger partial charge in [-0.3, -0.25) is 0 Å². The molecule has 3 heteroatoms. The molecule has 0 fully saturated rings. The van der Waals surface area contributed by atoms with E-state index in [0.717, 1.165) is 0 Å². The molecule has 0 amide bonds. The smallest absolute Gasteiger partial charge is 0.733 e. The van der Waals surface area contributed by atoms with E-state index in [1.54, 1.807) is 48.7 Å². The molecule has 0 unspecified atom stereocenters. The second-order valence-electron chi connectivity index (χ2n) is 16.8. The van der Waals surface area contributed by atoms with Crippen LogP contribution < -0.4 is 59.1 Å². The summed E-state index contributed by atoms with van der Waals surface area (Å²) in [5.41, 5.74) is 0. The third-order valence-electron chi connectivity index (χ3n) is 11.7. The Kier molecular flexibility index (Phi) is 57.0. The molecular formula is C48H100Na2S. The van der Waals surface area contributed by atoms with E-state index in [4.69, 9.17) is 0 Å². The van der Waals surface area contributed by atoms with Crippen LogP contribution in [0.4, 0.5) is 0 Å². The van der Waals surface area contributed by atoms with E-state index in [2.05, 4.69) is 27.7 Å². The zero-order valence-electron chi connectivity index (χ0n) is 37.5. The largest absolute Gasteiger partial charge is 1.00 e. The van der Waals surface area contributed by atoms with Gasteiger partial charge >= 0.3 is 59.1 Å². The van der Waals surface area contributed by atoms with Gasteiger partial charge in [0.15, 0.2) is 0 Å². The minimum atomic E-state index is -0.427. The van der Waals surface area contributed by atoms with E-state index in [-0.39, 0.29) is 59.1 Å². The Morgan fingerprint density at radius 2 is 0.294 bits per heavy atom. The molecule has 0 saturated carbocycles. The SMILES string of the molecule is CCCCCCCCCCCC[S-2](CCCCCCCCCCCC)(CCCCCCCCCCCC)CCCCCCCCCCCC.[Na+].[Na+]. The molecule has 0 atom stereocenters. The molecule has 0 N–H and O–H groups in total. The zero-order chi connectivity index (χ0) is 35.6. The van der Waals surface area contributed by atoms with Gasteiger partial charge in [-0.1, -0.05) is 285 Å². The summed E-state index contributed by atoms with van der Waals surface area (Å²) in [5, 5.41) is 0. The number of hydrogen-bond acceptors (Lipinski definition) is 0. The summed E-state index contributed by atoms with van der Waals surface area (Å²) in [6.07, 6.45) is 59.5. The van der Waals surface area contributed by atoms with Gasteiger partial charge in [-0.15, -0.1) is 0 Å². The molecule has 0 heterocycles. The second-order valence-corrected chi connectivity index (χ2v) is 20.9. The van der Waals surface area contributed by atoms with Crippen LogP contribution in [0.3, 0.4) is 0 Å². The van der Waals surface area contributed by atoms with E-state index in [1.165, 1.54) is 231 Å². The van der Waals surface area contributed by atoms with E-state index in [1.807, 2.05) is 0 Å². The van der Waals surface area contributed by atoms with Crippen LogP contribution in [0, 0.1) is 0 Å². The van der Waals surface area contributed by atoms with Crippen LogP contribution >= 0.6 is 0 Å². The molecule has 0 aliphatic carbocycles. The van der Waals surface area contributed by atoms with Crippen molar-refractivity contribution in [3.63, 3.8) is 0 Å². The standard InChI is InChI=1S/C48H100S.2Na/c1-5-9-13-17-21-25-29-33-37-41-45-49(46-42-38-34-30-26-22-18-14-10-6-2,47-43-39-35-31-27-23-19-15-11-7-3)48-44-40-36-32-28-24-20-16-12-8-4;;/h5-48H2,1-4H3;;/q-2;2*+1. The van der Waals surface area contributed by atoms with Crippen molar-refractivity contribution in [3.8, 4) is 0 Å². The Morgan fingerprint density at radius 1 is 0.176 bits per heavy atom. The average molecular weight is 755 g/mol. The van der Waals surface area contributed by atoms with Gasteiger partial charge in [0.1, 0.15) is 0 Å². The molecule has 0 nitrogen and oxygen atoms in total. The van der Waals surface area contributed by atoms with Crippen molar-refractivity contribution in [1.29, 1.82) is 0 Å². The van der Waals surface area contributed by atoms with Crippen molar-refractivity contribution >= 4 is 10.0 Å². The first-order valence-corrected chi connectivity index (χ1v) is 26.3. The van der Waals surface area contributed by atoms with Crippen LogP contribution in [0.1, 0.15) is 285 Å². The summed E-state index contributed by atoms with van der Waals surface area (Å²) in [6.45, 7) is 9.35. The normalized spacial score (nSPS) is 11.8. The summed E-state index contributed by atoms with van der Waals surface area (Å²) in [7, 11) is -0.427. The van der Waals surface area contributed by atoms with Gasteiger partial charge in [0, 0.05) is 0 Å². The quantitative estimate of drug-likeness (QED) is 0.0429. The molecular weight excluding hydrogens is 655 g/mol. The van der Waals surface area contributed by atoms with E-state index >= 15 is 0 Å². The first-order chi connectivity index (χ1) is 24.2. The number of hydrogen-bond donors (Lipinski definition) is 0. The van der Waals surface area contributed by atoms with Gasteiger partial charge in [-0.05, 0) is 0 Å². The van der Waals surface area contributed by atoms with Crippen molar-refractivity contribution in [1.82, 2.24) is 0 Å². The maximum atomic E-state index is 2.34. The monoisotopic (exact) mass is 755 g/mol. The van der Waals surface area contributed by atoms with Crippen LogP contribution in [0.2, 0.25) is 0 Å². The van der Waals surface area contributed by atoms with Crippen LogP contribution in [0.5, 0.6) is 0 Å². The van der Waals surface area contributed by atoms with Crippen molar-refractivity contribution in [2.24, 2.45) is 0 Å². The summed E-state index contributed by atoms with van der Waals surface area (Å²) in [5.74, 6) is 6.54. The Labute approximate surface area is 373 Å². The topological polar surface area (TPSA) is 0 Å². The predicted octanol–water partition coefficient (Wildman–Crippen LogP) is 11.8. The van der Waals surface area contributed by atoms with Crippen molar-refractivity contribution in [3.05, 3.63) is 0 Å². The first kappa shape index (κ1) is 57.7. The first-order valence-electron chi connectivity index (χ1n) is 24.0. The fraction of sp³-hybridized carbons (Fsp3) is 1.00. The molecule has 0 saturated heterocycles. The van der Waals surface area contributed by atoms with Gasteiger partial charge in [0.05, 0.1) is 0 Å². The third kappa shape index (κ3) is 44.9.